The van der Waals surface area contributed by atoms with E-state index in [0.717, 1.165) is 10.2 Å². The zero-order valence-electron chi connectivity index (χ0n) is 12.4. The van der Waals surface area contributed by atoms with Gasteiger partial charge in [-0.2, -0.15) is 0 Å². The summed E-state index contributed by atoms with van der Waals surface area (Å²) in [7, 11) is 0. The summed E-state index contributed by atoms with van der Waals surface area (Å²) in [5.74, 6) is -1.55. The number of amides is 1. The zero-order valence-corrected chi connectivity index (χ0v) is 13.9. The third-order valence-electron chi connectivity index (χ3n) is 3.98. The Morgan fingerprint density at radius 1 is 1.26 bits per heavy atom. The maximum absolute atomic E-state index is 12.5. The van der Waals surface area contributed by atoms with Crippen LogP contribution in [0.2, 0.25) is 0 Å². The van der Waals surface area contributed by atoms with E-state index in [0.29, 0.717) is 25.1 Å². The lowest BCUT2D eigenvalue weighted by atomic mass is 9.98. The first-order valence-electron chi connectivity index (χ1n) is 7.36. The number of rotatable bonds is 3. The van der Waals surface area contributed by atoms with E-state index in [2.05, 4.69) is 20.9 Å². The summed E-state index contributed by atoms with van der Waals surface area (Å²) in [5.41, 5.74) is 1.24. The molecule has 1 aliphatic rings. The highest BCUT2D eigenvalue weighted by atomic mass is 79.9. The maximum Gasteiger partial charge on any atom is 0.308 e. The minimum atomic E-state index is -0.845. The Labute approximate surface area is 141 Å². The van der Waals surface area contributed by atoms with Crippen LogP contribution in [-0.4, -0.2) is 44.5 Å². The summed E-state index contributed by atoms with van der Waals surface area (Å²) in [6.45, 7) is 0.826. The van der Waals surface area contributed by atoms with E-state index in [1.165, 1.54) is 0 Å². The van der Waals surface area contributed by atoms with Crippen LogP contribution < -0.4 is 0 Å². The highest BCUT2D eigenvalue weighted by Gasteiger charge is 2.29. The van der Waals surface area contributed by atoms with Crippen molar-refractivity contribution in [3.05, 3.63) is 47.0 Å². The van der Waals surface area contributed by atoms with Gasteiger partial charge in [0.2, 0.25) is 0 Å². The van der Waals surface area contributed by atoms with Gasteiger partial charge in [0, 0.05) is 29.4 Å². The van der Waals surface area contributed by atoms with E-state index in [-0.39, 0.29) is 12.5 Å². The van der Waals surface area contributed by atoms with Crippen molar-refractivity contribution in [1.82, 2.24) is 14.5 Å². The zero-order chi connectivity index (χ0) is 16.4. The lowest BCUT2D eigenvalue weighted by molar-refractivity contribution is -0.143. The lowest BCUT2D eigenvalue weighted by Crippen LogP contribution is -2.42. The van der Waals surface area contributed by atoms with Gasteiger partial charge in [0.05, 0.1) is 5.92 Å². The van der Waals surface area contributed by atoms with Crippen molar-refractivity contribution in [3.8, 4) is 5.69 Å². The summed E-state index contributed by atoms with van der Waals surface area (Å²) in [5, 5.41) is 9.12. The first-order valence-corrected chi connectivity index (χ1v) is 8.16. The largest absolute Gasteiger partial charge is 0.481 e. The second-order valence-electron chi connectivity index (χ2n) is 5.57. The number of halogens is 1. The molecule has 1 amide bonds. The molecule has 6 nitrogen and oxygen atoms in total. The molecule has 1 atom stereocenters. The Kier molecular flexibility index (Phi) is 4.47. The molecule has 1 aromatic carbocycles. The lowest BCUT2D eigenvalue weighted by Gasteiger charge is -2.30. The Morgan fingerprint density at radius 3 is 2.70 bits per heavy atom. The molecule has 0 radical (unpaired) electrons. The predicted octanol–water partition coefficient (Wildman–Crippen LogP) is 2.57. The van der Waals surface area contributed by atoms with E-state index in [1.54, 1.807) is 22.0 Å². The number of aliphatic carboxylic acids is 1. The van der Waals surface area contributed by atoms with Crippen LogP contribution >= 0.6 is 15.9 Å². The Morgan fingerprint density at radius 2 is 2.00 bits per heavy atom. The first kappa shape index (κ1) is 15.7. The number of hydrogen-bond acceptors (Lipinski definition) is 3. The van der Waals surface area contributed by atoms with Crippen LogP contribution in [0.1, 0.15) is 23.3 Å². The molecule has 120 valence electrons. The summed E-state index contributed by atoms with van der Waals surface area (Å²) in [6.07, 6.45) is 4.59. The first-order chi connectivity index (χ1) is 11.0. The Bertz CT molecular complexity index is 726. The second-order valence-corrected chi connectivity index (χ2v) is 6.49. The van der Waals surface area contributed by atoms with Crippen LogP contribution in [0.4, 0.5) is 0 Å². The molecule has 1 N–H and O–H groups in total. The Balaban J connectivity index is 1.75. The molecule has 1 unspecified atom stereocenters. The van der Waals surface area contributed by atoms with Gasteiger partial charge >= 0.3 is 5.97 Å². The molecule has 1 aromatic heterocycles. The van der Waals surface area contributed by atoms with E-state index < -0.39 is 11.9 Å². The third-order valence-corrected chi connectivity index (χ3v) is 4.51. The summed E-state index contributed by atoms with van der Waals surface area (Å²) < 4.78 is 2.75. The third kappa shape index (κ3) is 3.44. The predicted molar refractivity (Wildman–Crippen MR) is 87.5 cm³/mol. The molecule has 2 heterocycles. The molecular formula is C16H16BrN3O3. The monoisotopic (exact) mass is 377 g/mol. The molecule has 1 aliphatic heterocycles. The topological polar surface area (TPSA) is 75.4 Å². The molecule has 0 aliphatic carbocycles. The van der Waals surface area contributed by atoms with Gasteiger partial charge < -0.3 is 14.6 Å². The summed E-state index contributed by atoms with van der Waals surface area (Å²) in [6, 6.07) is 7.67. The van der Waals surface area contributed by atoms with Crippen LogP contribution in [0.3, 0.4) is 0 Å². The molecular weight excluding hydrogens is 362 g/mol. The van der Waals surface area contributed by atoms with Crippen LogP contribution in [0.25, 0.3) is 5.69 Å². The van der Waals surface area contributed by atoms with Gasteiger partial charge in [0.15, 0.2) is 0 Å². The maximum atomic E-state index is 12.5. The minimum absolute atomic E-state index is 0.216. The fraction of sp³-hybridized carbons (Fsp3) is 0.312. The van der Waals surface area contributed by atoms with Crippen molar-refractivity contribution in [2.75, 3.05) is 13.1 Å². The number of carboxylic acid groups (broad SMARTS) is 1. The highest BCUT2D eigenvalue weighted by Crippen LogP contribution is 2.19. The van der Waals surface area contributed by atoms with Gasteiger partial charge in [-0.3, -0.25) is 9.59 Å². The molecule has 7 heteroatoms. The average Bonchev–Trinajstić information content (AvgIpc) is 3.05. The number of piperidine rings is 1. The number of carbonyl (C=O) groups is 2. The number of aromatic nitrogens is 2. The molecule has 23 heavy (non-hydrogen) atoms. The van der Waals surface area contributed by atoms with Gasteiger partial charge in [-0.15, -0.1) is 0 Å². The molecule has 1 saturated heterocycles. The van der Waals surface area contributed by atoms with E-state index in [9.17, 15) is 9.59 Å². The van der Waals surface area contributed by atoms with Crippen LogP contribution in [-0.2, 0) is 4.79 Å². The van der Waals surface area contributed by atoms with Gasteiger partial charge in [-0.25, -0.2) is 4.98 Å². The van der Waals surface area contributed by atoms with Crippen molar-refractivity contribution < 1.29 is 14.7 Å². The number of carbonyl (C=O) groups excluding carboxylic acids is 1. The van der Waals surface area contributed by atoms with E-state index >= 15 is 0 Å². The second kappa shape index (κ2) is 6.54. The van der Waals surface area contributed by atoms with Gasteiger partial charge in [0.25, 0.3) is 5.91 Å². The fourth-order valence-electron chi connectivity index (χ4n) is 2.71. The van der Waals surface area contributed by atoms with Crippen molar-refractivity contribution in [3.63, 3.8) is 0 Å². The fourth-order valence-corrected chi connectivity index (χ4v) is 2.98. The van der Waals surface area contributed by atoms with Gasteiger partial charge in [-0.1, -0.05) is 15.9 Å². The van der Waals surface area contributed by atoms with Crippen LogP contribution in [0.15, 0.2) is 41.3 Å². The SMILES string of the molecule is O=C(O)C1CCCN(C(=O)c2cn(-c3ccc(Br)cc3)cn2)C1. The molecule has 0 bridgehead atoms. The minimum Gasteiger partial charge on any atom is -0.481 e. The molecule has 0 spiro atoms. The van der Waals surface area contributed by atoms with Crippen molar-refractivity contribution in [1.29, 1.82) is 0 Å². The van der Waals surface area contributed by atoms with Crippen molar-refractivity contribution in [2.24, 2.45) is 5.92 Å². The normalized spacial score (nSPS) is 18.0. The summed E-state index contributed by atoms with van der Waals surface area (Å²) in [4.78, 5) is 29.4. The number of likely N-dealkylation sites (tertiary alicyclic amines) is 1. The number of imidazole rings is 1. The molecule has 1 fully saturated rings. The molecule has 0 saturated carbocycles. The number of benzene rings is 1. The summed E-state index contributed by atoms with van der Waals surface area (Å²) >= 11 is 3.38. The highest BCUT2D eigenvalue weighted by molar-refractivity contribution is 9.10. The smallest absolute Gasteiger partial charge is 0.308 e. The van der Waals surface area contributed by atoms with Crippen molar-refractivity contribution in [2.45, 2.75) is 12.8 Å². The average molecular weight is 378 g/mol. The van der Waals surface area contributed by atoms with Crippen molar-refractivity contribution >= 4 is 27.8 Å². The number of nitrogens with zero attached hydrogens (tertiary/aromatic N) is 3. The molecule has 3 rings (SSSR count). The van der Waals surface area contributed by atoms with E-state index in [4.69, 9.17) is 5.11 Å². The van der Waals surface area contributed by atoms with E-state index in [1.807, 2.05) is 24.3 Å². The Hall–Kier alpha value is -2.15. The van der Waals surface area contributed by atoms with Crippen LogP contribution in [0, 0.1) is 5.92 Å². The molecule has 2 aromatic rings. The standard InChI is InChI=1S/C16H16BrN3O3/c17-12-3-5-13(6-4-12)20-9-14(18-10-20)15(21)19-7-1-2-11(8-19)16(22)23/h3-6,9-11H,1-2,7-8H2,(H,22,23). The quantitative estimate of drug-likeness (QED) is 0.891. The number of hydrogen-bond donors (Lipinski definition) is 1. The number of carboxylic acids is 1. The van der Waals surface area contributed by atoms with Crippen LogP contribution in [0.5, 0.6) is 0 Å². The van der Waals surface area contributed by atoms with Gasteiger partial charge in [0.1, 0.15) is 12.0 Å². The van der Waals surface area contributed by atoms with Gasteiger partial charge in [-0.05, 0) is 37.1 Å².